The highest BCUT2D eigenvalue weighted by Gasteiger charge is 2.40. The average Bonchev–Trinajstić information content (AvgIpc) is 2.73. The summed E-state index contributed by atoms with van der Waals surface area (Å²) in [4.78, 5) is 2.48. The van der Waals surface area contributed by atoms with E-state index in [1.807, 2.05) is 24.3 Å². The molecule has 0 amide bonds. The van der Waals surface area contributed by atoms with Crippen LogP contribution in [0.4, 0.5) is 0 Å². The monoisotopic (exact) mass is 369 g/mol. The van der Waals surface area contributed by atoms with E-state index in [4.69, 9.17) is 18.9 Å². The van der Waals surface area contributed by atoms with Crippen LogP contribution in [-0.4, -0.2) is 44.5 Å². The van der Waals surface area contributed by atoms with Crippen LogP contribution < -0.4 is 14.2 Å². The Morgan fingerprint density at radius 2 is 1.78 bits per heavy atom. The maximum atomic E-state index is 6.25. The number of ether oxygens (including phenoxy) is 4. The second kappa shape index (κ2) is 7.79. The summed E-state index contributed by atoms with van der Waals surface area (Å²) < 4.78 is 23.1. The first-order valence-corrected chi connectivity index (χ1v) is 9.55. The van der Waals surface area contributed by atoms with Gasteiger partial charge >= 0.3 is 0 Å². The zero-order chi connectivity index (χ0) is 18.7. The van der Waals surface area contributed by atoms with Crippen LogP contribution in [0.1, 0.15) is 24.0 Å². The Labute approximate surface area is 160 Å². The quantitative estimate of drug-likeness (QED) is 0.805. The van der Waals surface area contributed by atoms with Gasteiger partial charge in [0.25, 0.3) is 0 Å². The standard InChI is InChI=1S/C22H27NO4/c1-24-20-8-7-17(15-21(20)25-2)9-12-23-13-10-22(11-14-23)26-16-18-5-3-4-6-19(18)27-22/h3-8,15H,9-14,16H2,1-2H3. The van der Waals surface area contributed by atoms with Crippen LogP contribution in [0.2, 0.25) is 0 Å². The Morgan fingerprint density at radius 3 is 2.56 bits per heavy atom. The fourth-order valence-corrected chi connectivity index (χ4v) is 3.85. The summed E-state index contributed by atoms with van der Waals surface area (Å²) in [5.41, 5.74) is 2.39. The fraction of sp³-hybridized carbons (Fsp3) is 0.455. The van der Waals surface area contributed by atoms with Gasteiger partial charge in [0.1, 0.15) is 5.75 Å². The van der Waals surface area contributed by atoms with E-state index in [-0.39, 0.29) is 0 Å². The molecule has 0 radical (unpaired) electrons. The molecule has 5 heteroatoms. The number of fused-ring (bicyclic) bond motifs is 1. The van der Waals surface area contributed by atoms with Gasteiger partial charge in [0.15, 0.2) is 11.5 Å². The maximum absolute atomic E-state index is 6.25. The Bertz CT molecular complexity index is 784. The van der Waals surface area contributed by atoms with Gasteiger partial charge in [-0.25, -0.2) is 0 Å². The second-order valence-electron chi connectivity index (χ2n) is 7.19. The van der Waals surface area contributed by atoms with Gasteiger partial charge in [-0.2, -0.15) is 0 Å². The van der Waals surface area contributed by atoms with Gasteiger partial charge in [-0.3, -0.25) is 0 Å². The molecule has 0 N–H and O–H groups in total. The van der Waals surface area contributed by atoms with Gasteiger partial charge in [-0.1, -0.05) is 24.3 Å². The zero-order valence-electron chi connectivity index (χ0n) is 16.1. The van der Waals surface area contributed by atoms with Crippen molar-refractivity contribution in [3.8, 4) is 17.2 Å². The van der Waals surface area contributed by atoms with E-state index in [0.29, 0.717) is 6.61 Å². The van der Waals surface area contributed by atoms with E-state index < -0.39 is 5.79 Å². The number of hydrogen-bond donors (Lipinski definition) is 0. The van der Waals surface area contributed by atoms with Crippen LogP contribution in [0, 0.1) is 0 Å². The molecular weight excluding hydrogens is 342 g/mol. The van der Waals surface area contributed by atoms with E-state index in [2.05, 4.69) is 23.1 Å². The Hall–Kier alpha value is -2.24. The first-order chi connectivity index (χ1) is 13.2. The number of nitrogens with zero attached hydrogens (tertiary/aromatic N) is 1. The van der Waals surface area contributed by atoms with Crippen molar-refractivity contribution in [1.82, 2.24) is 4.90 Å². The summed E-state index contributed by atoms with van der Waals surface area (Å²) in [6.45, 7) is 3.62. The number of piperidine rings is 1. The van der Waals surface area contributed by atoms with Crippen molar-refractivity contribution in [3.63, 3.8) is 0 Å². The van der Waals surface area contributed by atoms with Crippen LogP contribution in [-0.2, 0) is 17.8 Å². The van der Waals surface area contributed by atoms with Crippen molar-refractivity contribution in [2.75, 3.05) is 33.9 Å². The van der Waals surface area contributed by atoms with Gasteiger partial charge in [-0.15, -0.1) is 0 Å². The number of rotatable bonds is 5. The minimum absolute atomic E-state index is 0.450. The van der Waals surface area contributed by atoms with Crippen LogP contribution in [0.15, 0.2) is 42.5 Å². The molecular formula is C22H27NO4. The molecule has 0 saturated carbocycles. The smallest absolute Gasteiger partial charge is 0.213 e. The van der Waals surface area contributed by atoms with Gasteiger partial charge in [0, 0.05) is 38.0 Å². The topological polar surface area (TPSA) is 40.2 Å². The first kappa shape index (κ1) is 18.1. The lowest BCUT2D eigenvalue weighted by Crippen LogP contribution is -2.51. The third-order valence-corrected chi connectivity index (χ3v) is 5.54. The van der Waals surface area contributed by atoms with Crippen LogP contribution in [0.5, 0.6) is 17.2 Å². The second-order valence-corrected chi connectivity index (χ2v) is 7.19. The molecule has 2 aromatic carbocycles. The molecule has 5 nitrogen and oxygen atoms in total. The molecule has 2 aliphatic heterocycles. The molecule has 0 aromatic heterocycles. The van der Waals surface area contributed by atoms with Gasteiger partial charge in [0.2, 0.25) is 5.79 Å². The summed E-state index contributed by atoms with van der Waals surface area (Å²) >= 11 is 0. The highest BCUT2D eigenvalue weighted by molar-refractivity contribution is 5.43. The summed E-state index contributed by atoms with van der Waals surface area (Å²) in [6, 6.07) is 14.3. The minimum Gasteiger partial charge on any atom is -0.493 e. The van der Waals surface area contributed by atoms with Crippen molar-refractivity contribution >= 4 is 0 Å². The first-order valence-electron chi connectivity index (χ1n) is 9.55. The molecule has 2 aromatic rings. The number of methoxy groups -OCH3 is 2. The lowest BCUT2D eigenvalue weighted by atomic mass is 10.0. The summed E-state index contributed by atoms with van der Waals surface area (Å²) in [5.74, 6) is 2.08. The van der Waals surface area contributed by atoms with Crippen molar-refractivity contribution in [1.29, 1.82) is 0 Å². The summed E-state index contributed by atoms with van der Waals surface area (Å²) in [5, 5.41) is 0. The molecule has 0 bridgehead atoms. The fourth-order valence-electron chi connectivity index (χ4n) is 3.85. The highest BCUT2D eigenvalue weighted by atomic mass is 16.7. The van der Waals surface area contributed by atoms with Crippen molar-refractivity contribution in [2.45, 2.75) is 31.7 Å². The van der Waals surface area contributed by atoms with Crippen molar-refractivity contribution < 1.29 is 18.9 Å². The van der Waals surface area contributed by atoms with E-state index in [9.17, 15) is 0 Å². The van der Waals surface area contributed by atoms with E-state index >= 15 is 0 Å². The molecule has 2 aliphatic rings. The van der Waals surface area contributed by atoms with Crippen LogP contribution in [0.3, 0.4) is 0 Å². The van der Waals surface area contributed by atoms with Crippen LogP contribution in [0.25, 0.3) is 0 Å². The SMILES string of the molecule is COc1ccc(CCN2CCC3(CC2)OCc2ccccc2O3)cc1OC. The Kier molecular flexibility index (Phi) is 5.23. The molecule has 144 valence electrons. The molecule has 4 rings (SSSR count). The Morgan fingerprint density at radius 1 is 1.00 bits per heavy atom. The normalized spacial score (nSPS) is 18.6. The molecule has 0 aliphatic carbocycles. The van der Waals surface area contributed by atoms with Gasteiger partial charge in [0.05, 0.1) is 20.8 Å². The lowest BCUT2D eigenvalue weighted by Gasteiger charge is -2.44. The van der Waals surface area contributed by atoms with E-state index in [1.165, 1.54) is 5.56 Å². The summed E-state index contributed by atoms with van der Waals surface area (Å²) in [6.07, 6.45) is 2.78. The molecule has 0 unspecified atom stereocenters. The average molecular weight is 369 g/mol. The molecule has 2 heterocycles. The minimum atomic E-state index is -0.450. The predicted octanol–water partition coefficient (Wildman–Crippen LogP) is 3.65. The maximum Gasteiger partial charge on any atom is 0.213 e. The largest absolute Gasteiger partial charge is 0.493 e. The van der Waals surface area contributed by atoms with Crippen LogP contribution >= 0.6 is 0 Å². The molecule has 27 heavy (non-hydrogen) atoms. The summed E-state index contributed by atoms with van der Waals surface area (Å²) in [7, 11) is 3.34. The van der Waals surface area contributed by atoms with Crippen molar-refractivity contribution in [2.24, 2.45) is 0 Å². The number of benzene rings is 2. The molecule has 1 spiro atoms. The molecule has 1 fully saturated rings. The molecule has 1 saturated heterocycles. The number of hydrogen-bond acceptors (Lipinski definition) is 5. The number of para-hydroxylation sites is 1. The lowest BCUT2D eigenvalue weighted by molar-refractivity contribution is -0.228. The van der Waals surface area contributed by atoms with E-state index in [1.54, 1.807) is 14.2 Å². The Balaban J connectivity index is 1.31. The molecule has 0 atom stereocenters. The van der Waals surface area contributed by atoms with E-state index in [0.717, 1.165) is 61.7 Å². The van der Waals surface area contributed by atoms with Crippen molar-refractivity contribution in [3.05, 3.63) is 53.6 Å². The third-order valence-electron chi connectivity index (χ3n) is 5.54. The highest BCUT2D eigenvalue weighted by Crippen LogP contribution is 2.37. The van der Waals surface area contributed by atoms with Gasteiger partial charge < -0.3 is 23.8 Å². The predicted molar refractivity (Wildman–Crippen MR) is 104 cm³/mol. The van der Waals surface area contributed by atoms with Gasteiger partial charge in [-0.05, 0) is 30.2 Å². The zero-order valence-corrected chi connectivity index (χ0v) is 16.1. The third kappa shape index (κ3) is 3.89. The number of likely N-dealkylation sites (tertiary alicyclic amines) is 1.